The molecule has 3 amide bonds. The summed E-state index contributed by atoms with van der Waals surface area (Å²) in [6.07, 6.45) is 15.1. The summed E-state index contributed by atoms with van der Waals surface area (Å²) in [5, 5.41) is 5.96. The van der Waals surface area contributed by atoms with E-state index in [-0.39, 0.29) is 54.0 Å². The average molecular weight is 950 g/mol. The van der Waals surface area contributed by atoms with Gasteiger partial charge in [-0.15, -0.1) is 0 Å². The Morgan fingerprint density at radius 3 is 2.09 bits per heavy atom. The van der Waals surface area contributed by atoms with Crippen molar-refractivity contribution in [2.75, 3.05) is 14.2 Å². The van der Waals surface area contributed by atoms with Crippen LogP contribution in [0.5, 0.6) is 0 Å². The third-order valence-corrected chi connectivity index (χ3v) is 17.9. The SMILES string of the molecule is COC(=O)N[C@@H](C(C)C)C(C)N1C2CCC(C2)[C@H]1C(C)=N/C=C(\C)c1ccc(-c2ccc(-c3ccc4nc([C@@H]5C6CCC(C6)N5C(=O)[C@@H](NC(=O)OC)C(C)C)[nH]c4c3)c3c2CC2(CCCC2)C3)cc1. The van der Waals surface area contributed by atoms with E-state index in [0.29, 0.717) is 23.3 Å². The minimum atomic E-state index is -0.672. The molecule has 372 valence electrons. The van der Waals surface area contributed by atoms with Crippen LogP contribution in [0, 0.1) is 29.1 Å². The van der Waals surface area contributed by atoms with Gasteiger partial charge in [0.1, 0.15) is 11.9 Å². The maximum Gasteiger partial charge on any atom is 0.407 e. The first kappa shape index (κ1) is 48.2. The second kappa shape index (κ2) is 19.3. The van der Waals surface area contributed by atoms with Crippen LogP contribution in [0.15, 0.2) is 65.8 Å². The lowest BCUT2D eigenvalue weighted by Crippen LogP contribution is -2.58. The van der Waals surface area contributed by atoms with E-state index in [2.05, 4.69) is 116 Å². The van der Waals surface area contributed by atoms with Crippen LogP contribution in [-0.2, 0) is 27.1 Å². The van der Waals surface area contributed by atoms with E-state index in [1.165, 1.54) is 98.1 Å². The number of nitrogens with one attached hydrogen (secondary N) is 3. The number of benzene rings is 3. The number of carbonyl (C=O) groups is 3. The van der Waals surface area contributed by atoms with Gasteiger partial charge in [-0.3, -0.25) is 14.7 Å². The van der Waals surface area contributed by atoms with Crippen molar-refractivity contribution >= 4 is 40.4 Å². The molecule has 70 heavy (non-hydrogen) atoms. The number of fused-ring (bicyclic) bond motifs is 6. The van der Waals surface area contributed by atoms with Crippen molar-refractivity contribution in [3.8, 4) is 22.3 Å². The third kappa shape index (κ3) is 8.74. The van der Waals surface area contributed by atoms with Crippen molar-refractivity contribution < 1.29 is 23.9 Å². The summed E-state index contributed by atoms with van der Waals surface area (Å²) in [6, 6.07) is 20.7. The van der Waals surface area contributed by atoms with E-state index < -0.39 is 12.1 Å². The number of alkyl carbamates (subject to hydrolysis) is 2. The van der Waals surface area contributed by atoms with Gasteiger partial charge in [0.05, 0.1) is 37.3 Å². The Morgan fingerprint density at radius 1 is 0.786 bits per heavy atom. The second-order valence-corrected chi connectivity index (χ2v) is 22.7. The van der Waals surface area contributed by atoms with Gasteiger partial charge in [-0.05, 0) is 171 Å². The first-order valence-electron chi connectivity index (χ1n) is 26.4. The number of aromatic nitrogens is 2. The van der Waals surface area contributed by atoms with Crippen molar-refractivity contribution in [3.05, 3.63) is 83.3 Å². The lowest BCUT2D eigenvalue weighted by Gasteiger charge is -2.43. The van der Waals surface area contributed by atoms with Crippen LogP contribution in [0.1, 0.15) is 141 Å². The summed E-state index contributed by atoms with van der Waals surface area (Å²) in [6.45, 7) is 14.9. The van der Waals surface area contributed by atoms with Gasteiger partial charge in [-0.1, -0.05) is 83.0 Å². The number of nitrogens with zero attached hydrogens (tertiary/aromatic N) is 4. The Kier molecular flexibility index (Phi) is 13.2. The average Bonchev–Trinajstić information content (AvgIpc) is 4.24. The van der Waals surface area contributed by atoms with Crippen LogP contribution in [0.2, 0.25) is 0 Å². The zero-order valence-corrected chi connectivity index (χ0v) is 42.9. The highest BCUT2D eigenvalue weighted by Crippen LogP contribution is 2.54. The highest BCUT2D eigenvalue weighted by Gasteiger charge is 2.52. The number of piperidine rings is 2. The minimum absolute atomic E-state index is 0.0208. The van der Waals surface area contributed by atoms with Gasteiger partial charge in [0.15, 0.2) is 0 Å². The number of ether oxygens (including phenoxy) is 2. The van der Waals surface area contributed by atoms with Crippen molar-refractivity contribution in [1.29, 1.82) is 0 Å². The Balaban J connectivity index is 0.902. The summed E-state index contributed by atoms with van der Waals surface area (Å²) in [4.78, 5) is 57.6. The predicted molar refractivity (Wildman–Crippen MR) is 277 cm³/mol. The molecule has 4 bridgehead atoms. The molecule has 9 atom stereocenters. The van der Waals surface area contributed by atoms with Crippen LogP contribution in [0.25, 0.3) is 38.9 Å². The van der Waals surface area contributed by atoms with E-state index in [1.54, 1.807) is 0 Å². The third-order valence-electron chi connectivity index (χ3n) is 17.9. The smallest absolute Gasteiger partial charge is 0.407 e. The molecule has 10 rings (SSSR count). The fourth-order valence-corrected chi connectivity index (χ4v) is 14.4. The van der Waals surface area contributed by atoms with Crippen molar-refractivity contribution in [2.45, 2.75) is 168 Å². The lowest BCUT2D eigenvalue weighted by molar-refractivity contribution is -0.139. The number of rotatable bonds is 13. The zero-order valence-electron chi connectivity index (χ0n) is 42.9. The Bertz CT molecular complexity index is 2700. The molecule has 3 aromatic carbocycles. The standard InChI is InChI=1S/C58H75N7O5/c1-32(2)50(62-56(67)69-8)36(7)64-42-19-16-40(26-42)52(64)35(6)59-31-34(5)37-12-14-38(15-13-37)44-21-22-45(47-30-58(29-46(44)47)24-10-11-25-58)39-18-23-48-49(28-39)61-54(60-48)53-41-17-20-43(27-41)65(53)55(66)51(33(3)4)63-57(68)70-9/h12-15,18,21-23,28,31-33,36,40-43,50-53H,10-11,16-17,19-20,24-27,29-30H2,1-9H3,(H,60,61)(H,62,67)(H,63,68)/b34-31+,59-35?/t36?,40?,41?,42?,43?,50-,51-,52+,53-/m0/s1. The van der Waals surface area contributed by atoms with Gasteiger partial charge in [0, 0.05) is 36.1 Å². The lowest BCUT2D eigenvalue weighted by atomic mass is 9.82. The Hall–Kier alpha value is -5.49. The summed E-state index contributed by atoms with van der Waals surface area (Å²) >= 11 is 0. The molecule has 4 aliphatic carbocycles. The number of H-pyrrole nitrogens is 1. The summed E-state index contributed by atoms with van der Waals surface area (Å²) in [5.74, 6) is 1.85. The number of likely N-dealkylation sites (tertiary alicyclic amines) is 2. The molecule has 3 N–H and O–H groups in total. The van der Waals surface area contributed by atoms with Crippen LogP contribution in [-0.4, -0.2) is 94.0 Å². The molecular weight excluding hydrogens is 875 g/mol. The van der Waals surface area contributed by atoms with Crippen molar-refractivity contribution in [3.63, 3.8) is 0 Å². The topological polar surface area (TPSA) is 141 Å². The number of aromatic amines is 1. The maximum atomic E-state index is 14.2. The van der Waals surface area contributed by atoms with Crippen molar-refractivity contribution in [1.82, 2.24) is 30.4 Å². The molecule has 1 aromatic heterocycles. The number of imidazole rings is 1. The molecule has 0 radical (unpaired) electrons. The van der Waals surface area contributed by atoms with Gasteiger partial charge in [-0.2, -0.15) is 0 Å². The first-order valence-corrected chi connectivity index (χ1v) is 26.4. The van der Waals surface area contributed by atoms with Crippen molar-refractivity contribution in [2.24, 2.45) is 34.1 Å². The zero-order chi connectivity index (χ0) is 49.2. The molecule has 1 spiro atoms. The molecular formula is C58H75N7O5. The molecule has 4 aromatic rings. The highest BCUT2D eigenvalue weighted by molar-refractivity contribution is 5.90. The van der Waals surface area contributed by atoms with Crippen LogP contribution < -0.4 is 10.6 Å². The molecule has 2 saturated heterocycles. The van der Waals surface area contributed by atoms with E-state index >= 15 is 0 Å². The second-order valence-electron chi connectivity index (χ2n) is 22.7. The fourth-order valence-electron chi connectivity index (χ4n) is 14.4. The van der Waals surface area contributed by atoms with Gasteiger partial charge in [-0.25, -0.2) is 14.6 Å². The van der Waals surface area contributed by atoms with E-state index in [0.717, 1.165) is 60.2 Å². The van der Waals surface area contributed by atoms with Gasteiger partial charge in [0.2, 0.25) is 5.91 Å². The first-order chi connectivity index (χ1) is 33.7. The van der Waals surface area contributed by atoms with Gasteiger partial charge < -0.3 is 30.0 Å². The quantitative estimate of drug-likeness (QED) is 0.113. The summed E-state index contributed by atoms with van der Waals surface area (Å²) in [5.41, 5.74) is 13.7. The highest BCUT2D eigenvalue weighted by atomic mass is 16.5. The van der Waals surface area contributed by atoms with Gasteiger partial charge >= 0.3 is 12.2 Å². The normalized spacial score (nSPS) is 26.1. The monoisotopic (exact) mass is 950 g/mol. The van der Waals surface area contributed by atoms with Crippen LogP contribution >= 0.6 is 0 Å². The fraction of sp³-hybridized carbons (Fsp3) is 0.569. The van der Waals surface area contributed by atoms with E-state index in [4.69, 9.17) is 19.5 Å². The molecule has 6 aliphatic rings. The number of amides is 3. The minimum Gasteiger partial charge on any atom is -0.453 e. The van der Waals surface area contributed by atoms with Crippen LogP contribution in [0.4, 0.5) is 9.59 Å². The molecule has 3 heterocycles. The summed E-state index contributed by atoms with van der Waals surface area (Å²) < 4.78 is 9.92. The van der Waals surface area contributed by atoms with Crippen LogP contribution in [0.3, 0.4) is 0 Å². The van der Waals surface area contributed by atoms with E-state index in [9.17, 15) is 14.4 Å². The van der Waals surface area contributed by atoms with E-state index in [1.807, 2.05) is 18.7 Å². The largest absolute Gasteiger partial charge is 0.453 e. The Labute approximate surface area is 414 Å². The maximum absolute atomic E-state index is 14.2. The number of methoxy groups -OCH3 is 2. The molecule has 2 aliphatic heterocycles. The number of carbonyl (C=O) groups excluding carboxylic acids is 3. The molecule has 5 fully saturated rings. The summed E-state index contributed by atoms with van der Waals surface area (Å²) in [7, 11) is 2.77. The molecule has 3 saturated carbocycles. The Morgan fingerprint density at radius 2 is 1.41 bits per heavy atom. The predicted octanol–water partition coefficient (Wildman–Crippen LogP) is 11.4. The molecule has 12 nitrogen and oxygen atoms in total. The van der Waals surface area contributed by atoms with Gasteiger partial charge in [0.25, 0.3) is 0 Å². The number of allylic oxidation sites excluding steroid dienone is 1. The number of hydrogen-bond donors (Lipinski definition) is 3. The molecule has 12 heteroatoms. The number of hydrogen-bond acceptors (Lipinski definition) is 8. The molecule has 5 unspecified atom stereocenters. The number of aliphatic imine (C=N–C) groups is 1.